The van der Waals surface area contributed by atoms with Crippen molar-refractivity contribution in [3.8, 4) is 0 Å². The van der Waals surface area contributed by atoms with Crippen LogP contribution in [0.2, 0.25) is 0 Å². The molecule has 2 aromatic rings. The number of aromatic nitrogens is 2. The van der Waals surface area contributed by atoms with Gasteiger partial charge in [0, 0.05) is 25.6 Å². The zero-order valence-corrected chi connectivity index (χ0v) is 14.9. The fourth-order valence-corrected chi connectivity index (χ4v) is 4.37. The molecule has 0 atom stereocenters. The summed E-state index contributed by atoms with van der Waals surface area (Å²) in [6.07, 6.45) is 1.28. The number of carbonyl (C=O) groups is 2. The largest absolute Gasteiger partial charge is 0.312 e. The minimum Gasteiger partial charge on any atom is -0.312 e. The van der Waals surface area contributed by atoms with Crippen LogP contribution in [0.15, 0.2) is 28.6 Å². The van der Waals surface area contributed by atoms with Gasteiger partial charge in [0.15, 0.2) is 0 Å². The Morgan fingerprint density at radius 3 is 2.80 bits per heavy atom. The molecule has 2 N–H and O–H groups in total. The third kappa shape index (κ3) is 3.94. The number of nitrogens with one attached hydrogen (secondary N) is 2. The summed E-state index contributed by atoms with van der Waals surface area (Å²) >= 11 is 0.748. The lowest BCUT2D eigenvalue weighted by Gasteiger charge is -2.16. The van der Waals surface area contributed by atoms with E-state index in [0.717, 1.165) is 17.8 Å². The molecule has 1 aromatic carbocycles. The van der Waals surface area contributed by atoms with Gasteiger partial charge in [0.2, 0.25) is 16.9 Å². The summed E-state index contributed by atoms with van der Waals surface area (Å²) in [5.74, 6) is -0.347. The van der Waals surface area contributed by atoms with Gasteiger partial charge in [0.25, 0.3) is 14.4 Å². The minimum atomic E-state index is -3.94. The second kappa shape index (κ2) is 6.76. The molecule has 1 aliphatic rings. The van der Waals surface area contributed by atoms with Crippen LogP contribution < -0.4 is 14.9 Å². The standard InChI is InChI=1S/C14H15N5O4S2/c1-9(20)15-13-16-17-14(24-13)25(22,23)18-10-4-2-5-11(8-10)19-7-3-6-12(19)21/h2,4-5,8,18H,3,6-7H2,1H3,(H,15,16,20). The zero-order chi connectivity index (χ0) is 18.0. The van der Waals surface area contributed by atoms with Crippen LogP contribution in [-0.4, -0.2) is 37.0 Å². The van der Waals surface area contributed by atoms with Gasteiger partial charge >= 0.3 is 0 Å². The van der Waals surface area contributed by atoms with Crippen molar-refractivity contribution in [1.29, 1.82) is 0 Å². The maximum absolute atomic E-state index is 12.4. The van der Waals surface area contributed by atoms with Gasteiger partial charge in [-0.05, 0) is 24.6 Å². The van der Waals surface area contributed by atoms with Gasteiger partial charge in [-0.1, -0.05) is 17.4 Å². The van der Waals surface area contributed by atoms with E-state index in [-0.39, 0.29) is 21.3 Å². The highest BCUT2D eigenvalue weighted by molar-refractivity contribution is 7.94. The number of sulfonamides is 1. The summed E-state index contributed by atoms with van der Waals surface area (Å²) in [7, 11) is -3.94. The van der Waals surface area contributed by atoms with Crippen LogP contribution in [0, 0.1) is 0 Å². The van der Waals surface area contributed by atoms with E-state index < -0.39 is 10.0 Å². The Hall–Kier alpha value is -2.53. The van der Waals surface area contributed by atoms with E-state index in [1.807, 2.05) is 0 Å². The van der Waals surface area contributed by atoms with Crippen LogP contribution >= 0.6 is 11.3 Å². The first-order valence-electron chi connectivity index (χ1n) is 7.39. The summed E-state index contributed by atoms with van der Waals surface area (Å²) in [6, 6.07) is 6.59. The van der Waals surface area contributed by atoms with E-state index >= 15 is 0 Å². The average molecular weight is 381 g/mol. The SMILES string of the molecule is CC(=O)Nc1nnc(S(=O)(=O)Nc2cccc(N3CCCC3=O)c2)s1. The van der Waals surface area contributed by atoms with Crippen LogP contribution in [0.3, 0.4) is 0 Å². The molecule has 3 rings (SSSR count). The molecular formula is C14H15N5O4S2. The molecule has 1 saturated heterocycles. The molecular weight excluding hydrogens is 366 g/mol. The average Bonchev–Trinajstić information content (AvgIpc) is 3.16. The Kier molecular flexibility index (Phi) is 4.68. The van der Waals surface area contributed by atoms with Crippen LogP contribution in [0.1, 0.15) is 19.8 Å². The Morgan fingerprint density at radius 2 is 2.12 bits per heavy atom. The first kappa shape index (κ1) is 17.3. The second-order valence-electron chi connectivity index (χ2n) is 5.36. The highest BCUT2D eigenvalue weighted by Crippen LogP contribution is 2.27. The van der Waals surface area contributed by atoms with Gasteiger partial charge in [0.05, 0.1) is 5.69 Å². The quantitative estimate of drug-likeness (QED) is 0.756. The minimum absolute atomic E-state index is 0.0177. The van der Waals surface area contributed by atoms with Crippen molar-refractivity contribution < 1.29 is 18.0 Å². The number of carbonyl (C=O) groups excluding carboxylic acids is 2. The molecule has 0 aliphatic carbocycles. The lowest BCUT2D eigenvalue weighted by molar-refractivity contribution is -0.117. The lowest BCUT2D eigenvalue weighted by atomic mass is 10.2. The van der Waals surface area contributed by atoms with Crippen LogP contribution in [0.25, 0.3) is 0 Å². The fourth-order valence-electron chi connectivity index (χ4n) is 2.38. The maximum atomic E-state index is 12.4. The van der Waals surface area contributed by atoms with E-state index in [0.29, 0.717) is 24.3 Å². The van der Waals surface area contributed by atoms with E-state index in [4.69, 9.17) is 0 Å². The Morgan fingerprint density at radius 1 is 1.32 bits per heavy atom. The van der Waals surface area contributed by atoms with Gasteiger partial charge in [-0.2, -0.15) is 8.42 Å². The maximum Gasteiger partial charge on any atom is 0.291 e. The number of hydrogen-bond acceptors (Lipinski definition) is 7. The molecule has 2 heterocycles. The number of benzene rings is 1. The Labute approximate surface area is 148 Å². The molecule has 2 amide bonds. The highest BCUT2D eigenvalue weighted by Gasteiger charge is 2.24. The molecule has 0 saturated carbocycles. The predicted octanol–water partition coefficient (Wildman–Crippen LogP) is 1.42. The topological polar surface area (TPSA) is 121 Å². The van der Waals surface area contributed by atoms with Gasteiger partial charge in [-0.15, -0.1) is 10.2 Å². The van der Waals surface area contributed by atoms with E-state index in [2.05, 4.69) is 20.2 Å². The Bertz CT molecular complexity index is 925. The van der Waals surface area contributed by atoms with Crippen LogP contribution in [0.5, 0.6) is 0 Å². The molecule has 1 fully saturated rings. The normalized spacial score (nSPS) is 14.6. The van der Waals surface area contributed by atoms with Crippen LogP contribution in [0.4, 0.5) is 16.5 Å². The van der Waals surface area contributed by atoms with Crippen molar-refractivity contribution in [2.75, 3.05) is 21.5 Å². The first-order valence-corrected chi connectivity index (χ1v) is 9.69. The number of amides is 2. The van der Waals surface area contributed by atoms with Crippen molar-refractivity contribution in [2.45, 2.75) is 24.1 Å². The molecule has 11 heteroatoms. The Balaban J connectivity index is 1.80. The van der Waals surface area contributed by atoms with Crippen LogP contribution in [-0.2, 0) is 19.6 Å². The molecule has 1 aromatic heterocycles. The molecule has 1 aliphatic heterocycles. The molecule has 0 bridgehead atoms. The van der Waals surface area contributed by atoms with Crippen molar-refractivity contribution in [1.82, 2.24) is 10.2 Å². The lowest BCUT2D eigenvalue weighted by Crippen LogP contribution is -2.23. The predicted molar refractivity (Wildman–Crippen MR) is 93.1 cm³/mol. The molecule has 0 radical (unpaired) electrons. The number of hydrogen-bond donors (Lipinski definition) is 2. The number of anilines is 3. The van der Waals surface area contributed by atoms with Gasteiger partial charge in [-0.25, -0.2) is 0 Å². The second-order valence-corrected chi connectivity index (χ2v) is 8.19. The van der Waals surface area contributed by atoms with Crippen molar-refractivity contribution in [2.24, 2.45) is 0 Å². The van der Waals surface area contributed by atoms with Gasteiger partial charge < -0.3 is 10.2 Å². The van der Waals surface area contributed by atoms with Crippen molar-refractivity contribution in [3.63, 3.8) is 0 Å². The third-order valence-corrected chi connectivity index (χ3v) is 5.99. The zero-order valence-electron chi connectivity index (χ0n) is 13.2. The van der Waals surface area contributed by atoms with Gasteiger partial charge in [0.1, 0.15) is 0 Å². The van der Waals surface area contributed by atoms with Crippen molar-refractivity contribution in [3.05, 3.63) is 24.3 Å². The smallest absolute Gasteiger partial charge is 0.291 e. The summed E-state index contributed by atoms with van der Waals surface area (Å²) in [5, 5.41) is 9.69. The summed E-state index contributed by atoms with van der Waals surface area (Å²) in [4.78, 5) is 24.4. The molecule has 0 spiro atoms. The number of nitrogens with zero attached hydrogens (tertiary/aromatic N) is 3. The van der Waals surface area contributed by atoms with E-state index in [1.54, 1.807) is 29.2 Å². The van der Waals surface area contributed by atoms with E-state index in [9.17, 15) is 18.0 Å². The third-order valence-electron chi connectivity index (χ3n) is 3.40. The first-order chi connectivity index (χ1) is 11.8. The van der Waals surface area contributed by atoms with E-state index in [1.165, 1.54) is 6.92 Å². The summed E-state index contributed by atoms with van der Waals surface area (Å²) in [6.45, 7) is 1.91. The fraction of sp³-hybridized carbons (Fsp3) is 0.286. The molecule has 132 valence electrons. The summed E-state index contributed by atoms with van der Waals surface area (Å²) < 4.78 is 26.9. The summed E-state index contributed by atoms with van der Waals surface area (Å²) in [5.41, 5.74) is 0.951. The molecule has 0 unspecified atom stereocenters. The molecule has 9 nitrogen and oxygen atoms in total. The van der Waals surface area contributed by atoms with Gasteiger partial charge in [-0.3, -0.25) is 14.3 Å². The highest BCUT2D eigenvalue weighted by atomic mass is 32.2. The number of rotatable bonds is 5. The monoisotopic (exact) mass is 381 g/mol. The molecule has 25 heavy (non-hydrogen) atoms. The van der Waals surface area contributed by atoms with Crippen molar-refractivity contribution >= 4 is 49.7 Å².